The number of para-hydroxylation sites is 2. The quantitative estimate of drug-likeness (QED) is 0.832. The molecule has 0 aliphatic carbocycles. The van der Waals surface area contributed by atoms with Crippen molar-refractivity contribution in [3.63, 3.8) is 0 Å². The first-order valence-corrected chi connectivity index (χ1v) is 10.5. The predicted octanol–water partition coefficient (Wildman–Crippen LogP) is 1.67. The normalized spacial score (nSPS) is 15.9. The Morgan fingerprint density at radius 3 is 2.61 bits per heavy atom. The number of imidazole rings is 1. The molecular weight excluding hydrogens is 382 g/mol. The van der Waals surface area contributed by atoms with Crippen LogP contribution >= 0.6 is 0 Å². The van der Waals surface area contributed by atoms with Gasteiger partial charge in [-0.1, -0.05) is 12.1 Å². The Labute approximate surface area is 165 Å². The fourth-order valence-corrected chi connectivity index (χ4v) is 4.56. The minimum Gasteiger partial charge on any atom is -0.495 e. The van der Waals surface area contributed by atoms with Crippen LogP contribution in [0.1, 0.15) is 12.2 Å². The maximum atomic E-state index is 12.9. The summed E-state index contributed by atoms with van der Waals surface area (Å²) in [7, 11) is -0.384. The molecule has 1 N–H and O–H groups in total. The maximum absolute atomic E-state index is 12.9. The summed E-state index contributed by atoms with van der Waals surface area (Å²) in [5.74, 6) is 1.20. The molecule has 0 atom stereocenters. The zero-order valence-corrected chi connectivity index (χ0v) is 17.1. The van der Waals surface area contributed by atoms with Crippen molar-refractivity contribution < 1.29 is 17.9 Å². The number of rotatable bonds is 4. The molecule has 10 heteroatoms. The van der Waals surface area contributed by atoms with E-state index in [0.29, 0.717) is 43.3 Å². The lowest BCUT2D eigenvalue weighted by Crippen LogP contribution is -2.39. The van der Waals surface area contributed by atoms with E-state index in [4.69, 9.17) is 4.74 Å². The number of carbonyl (C=O) groups is 1. The lowest BCUT2D eigenvalue weighted by Gasteiger charge is -2.22. The van der Waals surface area contributed by atoms with Crippen LogP contribution in [0.3, 0.4) is 0 Å². The highest BCUT2D eigenvalue weighted by atomic mass is 32.2. The molecule has 9 nitrogen and oxygen atoms in total. The van der Waals surface area contributed by atoms with Crippen LogP contribution in [-0.2, 0) is 17.1 Å². The zero-order chi connectivity index (χ0) is 20.3. The Bertz CT molecular complexity index is 937. The lowest BCUT2D eigenvalue weighted by molar-refractivity contribution is 0.214. The van der Waals surface area contributed by atoms with Gasteiger partial charge in [-0.15, -0.1) is 0 Å². The molecule has 152 valence electrons. The SMILES string of the molecule is COc1ccccc1NC(=O)N1CCCN(S(=O)(=O)c2cn(C)c(C)n2)CC1. The topological polar surface area (TPSA) is 96.8 Å². The van der Waals surface area contributed by atoms with Crippen molar-refractivity contribution in [3.8, 4) is 5.75 Å². The smallest absolute Gasteiger partial charge is 0.321 e. The minimum atomic E-state index is -3.68. The third-order valence-corrected chi connectivity index (χ3v) is 6.55. The second-order valence-corrected chi connectivity index (χ2v) is 8.50. The van der Waals surface area contributed by atoms with Gasteiger partial charge < -0.3 is 19.5 Å². The highest BCUT2D eigenvalue weighted by molar-refractivity contribution is 7.89. The van der Waals surface area contributed by atoms with Gasteiger partial charge in [-0.25, -0.2) is 18.2 Å². The molecular formula is C18H25N5O4S. The van der Waals surface area contributed by atoms with E-state index in [1.165, 1.54) is 10.5 Å². The summed E-state index contributed by atoms with van der Waals surface area (Å²) >= 11 is 0. The van der Waals surface area contributed by atoms with Crippen LogP contribution in [0.5, 0.6) is 5.75 Å². The van der Waals surface area contributed by atoms with Crippen LogP contribution < -0.4 is 10.1 Å². The Morgan fingerprint density at radius 1 is 1.18 bits per heavy atom. The first-order valence-electron chi connectivity index (χ1n) is 9.02. The number of aromatic nitrogens is 2. The average Bonchev–Trinajstić information content (AvgIpc) is 2.88. The maximum Gasteiger partial charge on any atom is 0.321 e. The Balaban J connectivity index is 1.68. The Morgan fingerprint density at radius 2 is 1.93 bits per heavy atom. The number of methoxy groups -OCH3 is 1. The third kappa shape index (κ3) is 4.12. The van der Waals surface area contributed by atoms with Gasteiger partial charge in [0.05, 0.1) is 12.8 Å². The summed E-state index contributed by atoms with van der Waals surface area (Å²) < 4.78 is 34.1. The van der Waals surface area contributed by atoms with Crippen LogP contribution in [0.15, 0.2) is 35.5 Å². The molecule has 1 aromatic heterocycles. The highest BCUT2D eigenvalue weighted by Gasteiger charge is 2.30. The fourth-order valence-electron chi connectivity index (χ4n) is 3.06. The number of sulfonamides is 1. The summed E-state index contributed by atoms with van der Waals surface area (Å²) in [4.78, 5) is 18.4. The van der Waals surface area contributed by atoms with Gasteiger partial charge in [-0.3, -0.25) is 0 Å². The van der Waals surface area contributed by atoms with Crippen molar-refractivity contribution >= 4 is 21.7 Å². The van der Waals surface area contributed by atoms with E-state index in [1.54, 1.807) is 42.7 Å². The fraction of sp³-hybridized carbons (Fsp3) is 0.444. The van der Waals surface area contributed by atoms with Crippen LogP contribution in [0.2, 0.25) is 0 Å². The molecule has 2 aromatic rings. The number of nitrogens with one attached hydrogen (secondary N) is 1. The summed E-state index contributed by atoms with van der Waals surface area (Å²) in [5, 5.41) is 2.87. The molecule has 0 unspecified atom stereocenters. The predicted molar refractivity (Wildman–Crippen MR) is 105 cm³/mol. The van der Waals surface area contributed by atoms with E-state index < -0.39 is 10.0 Å². The Kier molecular flexibility index (Phi) is 5.90. The lowest BCUT2D eigenvalue weighted by atomic mass is 10.3. The number of hydrogen-bond acceptors (Lipinski definition) is 5. The number of anilines is 1. The summed E-state index contributed by atoms with van der Waals surface area (Å²) in [5.41, 5.74) is 0.577. The average molecular weight is 407 g/mol. The highest BCUT2D eigenvalue weighted by Crippen LogP contribution is 2.24. The number of nitrogens with zero attached hydrogens (tertiary/aromatic N) is 4. The molecule has 0 spiro atoms. The van der Waals surface area contributed by atoms with Gasteiger partial charge >= 0.3 is 6.03 Å². The number of hydrogen-bond donors (Lipinski definition) is 1. The largest absolute Gasteiger partial charge is 0.495 e. The van der Waals surface area contributed by atoms with E-state index in [-0.39, 0.29) is 17.6 Å². The molecule has 2 amide bonds. The third-order valence-electron chi connectivity index (χ3n) is 4.78. The van der Waals surface area contributed by atoms with Crippen molar-refractivity contribution in [2.45, 2.75) is 18.4 Å². The number of carbonyl (C=O) groups excluding carboxylic acids is 1. The van der Waals surface area contributed by atoms with Gasteiger partial charge in [0.15, 0.2) is 5.03 Å². The molecule has 28 heavy (non-hydrogen) atoms. The summed E-state index contributed by atoms with van der Waals surface area (Å²) in [6.45, 7) is 3.08. The van der Waals surface area contributed by atoms with Crippen molar-refractivity contribution in [2.24, 2.45) is 7.05 Å². The second-order valence-electron chi connectivity index (χ2n) is 6.61. The molecule has 0 radical (unpaired) electrons. The monoisotopic (exact) mass is 407 g/mol. The van der Waals surface area contributed by atoms with Crippen molar-refractivity contribution in [2.75, 3.05) is 38.6 Å². The van der Waals surface area contributed by atoms with Gasteiger partial charge in [0.2, 0.25) is 0 Å². The molecule has 1 aliphatic rings. The minimum absolute atomic E-state index is 0.0411. The Hall–Kier alpha value is -2.59. The molecule has 1 aliphatic heterocycles. The van der Waals surface area contributed by atoms with E-state index in [0.717, 1.165) is 0 Å². The van der Waals surface area contributed by atoms with Crippen LogP contribution in [0, 0.1) is 6.92 Å². The standard InChI is InChI=1S/C18H25N5O4S/c1-14-19-17(13-21(14)2)28(25,26)23-10-6-9-22(11-12-23)18(24)20-15-7-4-5-8-16(15)27-3/h4-5,7-8,13H,6,9-12H2,1-3H3,(H,20,24). The van der Waals surface area contributed by atoms with Crippen molar-refractivity contribution in [3.05, 3.63) is 36.3 Å². The molecule has 1 saturated heterocycles. The molecule has 1 fully saturated rings. The van der Waals surface area contributed by atoms with Crippen molar-refractivity contribution in [1.82, 2.24) is 18.8 Å². The number of aryl methyl sites for hydroxylation is 2. The van der Waals surface area contributed by atoms with Crippen LogP contribution in [0.4, 0.5) is 10.5 Å². The number of urea groups is 1. The first kappa shape index (κ1) is 20.2. The molecule has 0 bridgehead atoms. The van der Waals surface area contributed by atoms with Gasteiger partial charge in [0.1, 0.15) is 11.6 Å². The van der Waals surface area contributed by atoms with Gasteiger partial charge in [-0.05, 0) is 25.5 Å². The van der Waals surface area contributed by atoms with Crippen molar-refractivity contribution in [1.29, 1.82) is 0 Å². The molecule has 3 rings (SSSR count). The number of ether oxygens (including phenoxy) is 1. The van der Waals surface area contributed by atoms with Gasteiger partial charge in [0, 0.05) is 39.4 Å². The van der Waals surface area contributed by atoms with Crippen LogP contribution in [0.25, 0.3) is 0 Å². The molecule has 0 saturated carbocycles. The van der Waals surface area contributed by atoms with E-state index >= 15 is 0 Å². The second kappa shape index (κ2) is 8.19. The molecule has 2 heterocycles. The number of amides is 2. The van der Waals surface area contributed by atoms with Gasteiger partial charge in [-0.2, -0.15) is 4.31 Å². The molecule has 1 aromatic carbocycles. The first-order chi connectivity index (χ1) is 13.3. The van der Waals surface area contributed by atoms with E-state index in [9.17, 15) is 13.2 Å². The van der Waals surface area contributed by atoms with Gasteiger partial charge in [0.25, 0.3) is 10.0 Å². The van der Waals surface area contributed by atoms with Crippen LogP contribution in [-0.4, -0.2) is 66.5 Å². The zero-order valence-electron chi connectivity index (χ0n) is 16.3. The number of benzene rings is 1. The van der Waals surface area contributed by atoms with E-state index in [2.05, 4.69) is 10.3 Å². The summed E-state index contributed by atoms with van der Waals surface area (Å²) in [6, 6.07) is 6.87. The van der Waals surface area contributed by atoms with E-state index in [1.807, 2.05) is 12.1 Å². The summed E-state index contributed by atoms with van der Waals surface area (Å²) in [6.07, 6.45) is 2.06.